The molecule has 3 aromatic rings. The standard InChI is InChI=1S/C16H13BrCl2N2/c17-12-3-1-11(2-4-12)10-21-15-9-13(19)5-6-14(15)20-16(21)7-8-18/h1-6,9H,7-8,10H2. The van der Waals surface area contributed by atoms with Gasteiger partial charge in [-0.3, -0.25) is 0 Å². The largest absolute Gasteiger partial charge is 0.323 e. The summed E-state index contributed by atoms with van der Waals surface area (Å²) >= 11 is 15.5. The zero-order valence-electron chi connectivity index (χ0n) is 11.2. The molecule has 0 unspecified atom stereocenters. The minimum atomic E-state index is 0.553. The van der Waals surface area contributed by atoms with Crippen molar-refractivity contribution in [2.24, 2.45) is 0 Å². The van der Waals surface area contributed by atoms with Gasteiger partial charge in [-0.2, -0.15) is 0 Å². The first kappa shape index (κ1) is 14.9. The molecule has 0 amide bonds. The Morgan fingerprint density at radius 1 is 1.10 bits per heavy atom. The average molecular weight is 384 g/mol. The molecule has 0 aliphatic rings. The zero-order chi connectivity index (χ0) is 14.8. The van der Waals surface area contributed by atoms with E-state index in [0.717, 1.165) is 39.3 Å². The maximum atomic E-state index is 6.13. The van der Waals surface area contributed by atoms with E-state index in [4.69, 9.17) is 23.2 Å². The molecular weight excluding hydrogens is 371 g/mol. The SMILES string of the molecule is ClCCc1nc2ccc(Cl)cc2n1Cc1ccc(Br)cc1. The Morgan fingerprint density at radius 2 is 1.86 bits per heavy atom. The topological polar surface area (TPSA) is 17.8 Å². The van der Waals surface area contributed by atoms with Gasteiger partial charge in [0.15, 0.2) is 0 Å². The molecule has 21 heavy (non-hydrogen) atoms. The molecule has 108 valence electrons. The van der Waals surface area contributed by atoms with Crippen LogP contribution in [0.3, 0.4) is 0 Å². The van der Waals surface area contributed by atoms with Gasteiger partial charge in [0.1, 0.15) is 5.82 Å². The first-order valence-electron chi connectivity index (χ1n) is 6.62. The van der Waals surface area contributed by atoms with Gasteiger partial charge in [0.05, 0.1) is 11.0 Å². The number of aromatic nitrogens is 2. The number of halogens is 3. The molecule has 0 bridgehead atoms. The number of nitrogens with zero attached hydrogens (tertiary/aromatic N) is 2. The van der Waals surface area contributed by atoms with Gasteiger partial charge in [0.2, 0.25) is 0 Å². The van der Waals surface area contributed by atoms with Crippen molar-refractivity contribution < 1.29 is 0 Å². The second-order valence-corrected chi connectivity index (χ2v) is 6.54. The molecule has 3 rings (SSSR count). The van der Waals surface area contributed by atoms with Crippen LogP contribution in [0, 0.1) is 0 Å². The van der Waals surface area contributed by atoms with Gasteiger partial charge >= 0.3 is 0 Å². The summed E-state index contributed by atoms with van der Waals surface area (Å²) in [5.41, 5.74) is 3.22. The fourth-order valence-corrected chi connectivity index (χ4v) is 2.97. The average Bonchev–Trinajstić information content (AvgIpc) is 2.79. The van der Waals surface area contributed by atoms with Gasteiger partial charge in [-0.15, -0.1) is 11.6 Å². The summed E-state index contributed by atoms with van der Waals surface area (Å²) in [7, 11) is 0. The molecule has 1 heterocycles. The van der Waals surface area contributed by atoms with Gasteiger partial charge in [-0.05, 0) is 35.9 Å². The van der Waals surface area contributed by atoms with Crippen molar-refractivity contribution in [2.75, 3.05) is 5.88 Å². The van der Waals surface area contributed by atoms with Crippen molar-refractivity contribution in [2.45, 2.75) is 13.0 Å². The number of hydrogen-bond donors (Lipinski definition) is 0. The predicted molar refractivity (Wildman–Crippen MR) is 92.4 cm³/mol. The Balaban J connectivity index is 2.07. The molecule has 0 fully saturated rings. The Labute approximate surface area is 141 Å². The van der Waals surface area contributed by atoms with Crippen LogP contribution in [0.2, 0.25) is 5.02 Å². The first-order valence-corrected chi connectivity index (χ1v) is 8.33. The highest BCUT2D eigenvalue weighted by Gasteiger charge is 2.11. The highest BCUT2D eigenvalue weighted by Crippen LogP contribution is 2.23. The number of rotatable bonds is 4. The van der Waals surface area contributed by atoms with E-state index in [1.54, 1.807) is 0 Å². The molecule has 0 spiro atoms. The van der Waals surface area contributed by atoms with E-state index in [9.17, 15) is 0 Å². The third kappa shape index (κ3) is 3.25. The summed E-state index contributed by atoms with van der Waals surface area (Å²) in [6, 6.07) is 14.1. The van der Waals surface area contributed by atoms with E-state index in [0.29, 0.717) is 5.88 Å². The molecule has 0 N–H and O–H groups in total. The molecule has 2 aromatic carbocycles. The van der Waals surface area contributed by atoms with E-state index >= 15 is 0 Å². The van der Waals surface area contributed by atoms with E-state index < -0.39 is 0 Å². The summed E-state index contributed by atoms with van der Waals surface area (Å²) < 4.78 is 3.26. The number of imidazole rings is 1. The van der Waals surface area contributed by atoms with Crippen LogP contribution in [0.5, 0.6) is 0 Å². The van der Waals surface area contributed by atoms with Crippen LogP contribution in [0.25, 0.3) is 11.0 Å². The zero-order valence-corrected chi connectivity index (χ0v) is 14.3. The van der Waals surface area contributed by atoms with Crippen molar-refractivity contribution in [1.29, 1.82) is 0 Å². The van der Waals surface area contributed by atoms with Crippen LogP contribution in [-0.4, -0.2) is 15.4 Å². The van der Waals surface area contributed by atoms with Crippen molar-refractivity contribution in [3.8, 4) is 0 Å². The Bertz CT molecular complexity index is 766. The molecule has 0 aliphatic carbocycles. The van der Waals surface area contributed by atoms with Crippen LogP contribution >= 0.6 is 39.1 Å². The molecule has 0 atom stereocenters. The van der Waals surface area contributed by atoms with Crippen LogP contribution in [-0.2, 0) is 13.0 Å². The Kier molecular flexibility index (Phi) is 4.53. The maximum absolute atomic E-state index is 6.13. The highest BCUT2D eigenvalue weighted by atomic mass is 79.9. The Hall–Kier alpha value is -1.03. The van der Waals surface area contributed by atoms with Gasteiger partial charge in [-0.1, -0.05) is 39.7 Å². The normalized spacial score (nSPS) is 11.2. The summed E-state index contributed by atoms with van der Waals surface area (Å²) in [5.74, 6) is 1.54. The van der Waals surface area contributed by atoms with Gasteiger partial charge in [-0.25, -0.2) is 4.98 Å². The molecular formula is C16H13BrCl2N2. The maximum Gasteiger partial charge on any atom is 0.111 e. The summed E-state index contributed by atoms with van der Waals surface area (Å²) in [5, 5.41) is 0.719. The fraction of sp³-hybridized carbons (Fsp3) is 0.188. The number of alkyl halides is 1. The summed E-state index contributed by atoms with van der Waals surface area (Å²) in [6.07, 6.45) is 0.740. The summed E-state index contributed by atoms with van der Waals surface area (Å²) in [6.45, 7) is 0.760. The lowest BCUT2D eigenvalue weighted by molar-refractivity contribution is 0.754. The van der Waals surface area contributed by atoms with E-state index in [1.165, 1.54) is 5.56 Å². The highest BCUT2D eigenvalue weighted by molar-refractivity contribution is 9.10. The molecule has 0 radical (unpaired) electrons. The molecule has 5 heteroatoms. The van der Waals surface area contributed by atoms with Crippen molar-refractivity contribution in [1.82, 2.24) is 9.55 Å². The summed E-state index contributed by atoms with van der Waals surface area (Å²) in [4.78, 5) is 4.67. The minimum absolute atomic E-state index is 0.553. The minimum Gasteiger partial charge on any atom is -0.323 e. The van der Waals surface area contributed by atoms with Crippen LogP contribution < -0.4 is 0 Å². The van der Waals surface area contributed by atoms with Crippen LogP contribution in [0.4, 0.5) is 0 Å². The van der Waals surface area contributed by atoms with Gasteiger partial charge < -0.3 is 4.57 Å². The first-order chi connectivity index (χ1) is 10.2. The second kappa shape index (κ2) is 6.39. The third-order valence-electron chi connectivity index (χ3n) is 3.36. The molecule has 0 saturated heterocycles. The molecule has 0 saturated carbocycles. The fourth-order valence-electron chi connectivity index (χ4n) is 2.37. The van der Waals surface area contributed by atoms with Gasteiger partial charge in [0.25, 0.3) is 0 Å². The number of aryl methyl sites for hydroxylation is 1. The van der Waals surface area contributed by atoms with Crippen LogP contribution in [0.15, 0.2) is 46.9 Å². The van der Waals surface area contributed by atoms with Crippen LogP contribution in [0.1, 0.15) is 11.4 Å². The quantitative estimate of drug-likeness (QED) is 0.560. The Morgan fingerprint density at radius 3 is 2.57 bits per heavy atom. The monoisotopic (exact) mass is 382 g/mol. The van der Waals surface area contributed by atoms with Gasteiger partial charge in [0, 0.05) is 28.3 Å². The number of benzene rings is 2. The third-order valence-corrected chi connectivity index (χ3v) is 4.31. The molecule has 0 aliphatic heterocycles. The van der Waals surface area contributed by atoms with E-state index in [-0.39, 0.29) is 0 Å². The van der Waals surface area contributed by atoms with E-state index in [2.05, 4.69) is 37.6 Å². The van der Waals surface area contributed by atoms with Crippen molar-refractivity contribution >= 4 is 50.2 Å². The lowest BCUT2D eigenvalue weighted by atomic mass is 10.2. The second-order valence-electron chi connectivity index (χ2n) is 4.81. The van der Waals surface area contributed by atoms with Crippen molar-refractivity contribution in [3.63, 3.8) is 0 Å². The predicted octanol–water partition coefficient (Wildman–Crippen LogP) is 5.28. The number of fused-ring (bicyclic) bond motifs is 1. The van der Waals surface area contributed by atoms with E-state index in [1.807, 2.05) is 30.3 Å². The van der Waals surface area contributed by atoms with Crippen molar-refractivity contribution in [3.05, 3.63) is 63.3 Å². The number of hydrogen-bond acceptors (Lipinski definition) is 1. The lowest BCUT2D eigenvalue weighted by Crippen LogP contribution is -2.06. The smallest absolute Gasteiger partial charge is 0.111 e. The molecule has 2 nitrogen and oxygen atoms in total. The molecule has 1 aromatic heterocycles. The lowest BCUT2D eigenvalue weighted by Gasteiger charge is -2.09.